The van der Waals surface area contributed by atoms with Gasteiger partial charge in [-0.05, 0) is 32.4 Å². The number of nitrogens with one attached hydrogen (secondary N) is 1. The van der Waals surface area contributed by atoms with Gasteiger partial charge in [-0.3, -0.25) is 14.9 Å². The molecule has 10 heteroatoms. The molecule has 0 atom stereocenters. The molecular weight excluding hydrogens is 460 g/mol. The molecule has 0 bridgehead atoms. The molecule has 9 nitrogen and oxygen atoms in total. The molecule has 0 radical (unpaired) electrons. The molecule has 0 saturated carbocycles. The van der Waals surface area contributed by atoms with Crippen LogP contribution in [0.2, 0.25) is 0 Å². The van der Waals surface area contributed by atoms with E-state index in [9.17, 15) is 24.5 Å². The van der Waals surface area contributed by atoms with Crippen LogP contribution in [-0.2, 0) is 14.3 Å². The number of nitrogens with zero attached hydrogens (tertiary/aromatic N) is 1. The highest BCUT2D eigenvalue weighted by atomic mass is 32.1. The second kappa shape index (κ2) is 10.7. The molecule has 1 amide bonds. The van der Waals surface area contributed by atoms with Crippen LogP contribution in [0.1, 0.15) is 38.8 Å². The van der Waals surface area contributed by atoms with Crippen molar-refractivity contribution in [3.63, 3.8) is 0 Å². The Labute approximate surface area is 199 Å². The summed E-state index contributed by atoms with van der Waals surface area (Å²) in [5, 5.41) is 15.7. The van der Waals surface area contributed by atoms with E-state index in [0.717, 1.165) is 22.5 Å². The molecular formula is C24H22N2O7S. The number of thiophene rings is 1. The van der Waals surface area contributed by atoms with Crippen molar-refractivity contribution in [1.82, 2.24) is 0 Å². The van der Waals surface area contributed by atoms with Gasteiger partial charge in [0.2, 0.25) is 0 Å². The number of hydrogen-bond acceptors (Lipinski definition) is 8. The van der Waals surface area contributed by atoms with Crippen LogP contribution < -0.4 is 5.32 Å². The number of rotatable bonds is 8. The second-order valence-corrected chi connectivity index (χ2v) is 8.15. The molecule has 3 rings (SSSR count). The molecule has 176 valence electrons. The first kappa shape index (κ1) is 24.6. The quantitative estimate of drug-likeness (QED) is 0.275. The van der Waals surface area contributed by atoms with Gasteiger partial charge in [-0.1, -0.05) is 35.9 Å². The van der Waals surface area contributed by atoms with Crippen LogP contribution in [0.3, 0.4) is 0 Å². The average molecular weight is 483 g/mol. The first-order valence-corrected chi connectivity index (χ1v) is 11.2. The van der Waals surface area contributed by atoms with E-state index >= 15 is 0 Å². The van der Waals surface area contributed by atoms with Crippen molar-refractivity contribution >= 4 is 39.9 Å². The van der Waals surface area contributed by atoms with E-state index in [1.807, 2.05) is 31.2 Å². The number of nitro benzene ring substituents is 1. The predicted molar refractivity (Wildman–Crippen MR) is 127 cm³/mol. The summed E-state index contributed by atoms with van der Waals surface area (Å²) in [7, 11) is 0. The molecule has 2 aromatic carbocycles. The molecule has 0 fully saturated rings. The van der Waals surface area contributed by atoms with Crippen LogP contribution in [0.25, 0.3) is 11.1 Å². The third-order valence-corrected chi connectivity index (χ3v) is 5.84. The zero-order valence-corrected chi connectivity index (χ0v) is 19.6. The molecule has 0 unspecified atom stereocenters. The lowest BCUT2D eigenvalue weighted by atomic mass is 10.0. The lowest BCUT2D eigenvalue weighted by Gasteiger charge is -2.10. The number of ether oxygens (including phenoxy) is 2. The highest BCUT2D eigenvalue weighted by Crippen LogP contribution is 2.36. The van der Waals surface area contributed by atoms with Gasteiger partial charge in [0, 0.05) is 22.6 Å². The number of carbonyl (C=O) groups is 3. The van der Waals surface area contributed by atoms with E-state index in [-0.39, 0.29) is 34.0 Å². The molecule has 0 aliphatic rings. The van der Waals surface area contributed by atoms with E-state index < -0.39 is 29.4 Å². The summed E-state index contributed by atoms with van der Waals surface area (Å²) < 4.78 is 10.2. The summed E-state index contributed by atoms with van der Waals surface area (Å²) >= 11 is 1.15. The molecule has 3 aromatic rings. The van der Waals surface area contributed by atoms with E-state index in [4.69, 9.17) is 9.47 Å². The first-order chi connectivity index (χ1) is 16.2. The third-order valence-electron chi connectivity index (χ3n) is 4.94. The molecule has 0 spiro atoms. The van der Waals surface area contributed by atoms with Gasteiger partial charge in [0.1, 0.15) is 10.6 Å². The van der Waals surface area contributed by atoms with Gasteiger partial charge < -0.3 is 14.8 Å². The van der Waals surface area contributed by atoms with E-state index in [2.05, 4.69) is 5.32 Å². The third kappa shape index (κ3) is 5.46. The van der Waals surface area contributed by atoms with Gasteiger partial charge in [0.05, 0.1) is 17.1 Å². The number of carbonyl (C=O) groups excluding carboxylic acids is 3. The fourth-order valence-electron chi connectivity index (χ4n) is 3.22. The fraction of sp³-hybridized carbons (Fsp3) is 0.208. The number of benzene rings is 2. The largest absolute Gasteiger partial charge is 0.462 e. The second-order valence-electron chi connectivity index (χ2n) is 7.27. The number of esters is 2. The van der Waals surface area contributed by atoms with Crippen molar-refractivity contribution in [2.75, 3.05) is 18.5 Å². The number of aryl methyl sites for hydroxylation is 1. The smallest absolute Gasteiger partial charge is 0.341 e. The minimum atomic E-state index is -0.867. The molecule has 0 aliphatic carbocycles. The van der Waals surface area contributed by atoms with Gasteiger partial charge in [0.25, 0.3) is 11.6 Å². The molecule has 0 aliphatic heterocycles. The van der Waals surface area contributed by atoms with Gasteiger partial charge >= 0.3 is 11.9 Å². The number of nitro groups is 1. The first-order valence-electron chi connectivity index (χ1n) is 10.3. The zero-order chi connectivity index (χ0) is 24.8. The standard InChI is InChI=1S/C24H22N2O7S/c1-4-32-24(29)21-18(16-10-8-14(2)9-11-16)13-34-22(21)25-20(27)12-33-23(28)17-6-5-7-19(15(17)3)26(30)31/h5-11,13H,4,12H2,1-3H3,(H,25,27). The van der Waals surface area contributed by atoms with Crippen molar-refractivity contribution in [2.24, 2.45) is 0 Å². The van der Waals surface area contributed by atoms with Gasteiger partial charge in [-0.2, -0.15) is 0 Å². The topological polar surface area (TPSA) is 125 Å². The SMILES string of the molecule is CCOC(=O)c1c(-c2ccc(C)cc2)csc1NC(=O)COC(=O)c1cccc([N+](=O)[O-])c1C. The molecule has 1 N–H and O–H groups in total. The number of anilines is 1. The zero-order valence-electron chi connectivity index (χ0n) is 18.7. The normalized spacial score (nSPS) is 10.4. The van der Waals surface area contributed by atoms with Crippen molar-refractivity contribution in [3.8, 4) is 11.1 Å². The van der Waals surface area contributed by atoms with Crippen LogP contribution in [0.15, 0.2) is 47.8 Å². The Bertz CT molecular complexity index is 1250. The van der Waals surface area contributed by atoms with Crippen LogP contribution >= 0.6 is 11.3 Å². The fourth-order valence-corrected chi connectivity index (χ4v) is 4.19. The lowest BCUT2D eigenvalue weighted by molar-refractivity contribution is -0.385. The van der Waals surface area contributed by atoms with Crippen LogP contribution in [0.4, 0.5) is 10.7 Å². The number of hydrogen-bond donors (Lipinski definition) is 1. The maximum Gasteiger partial charge on any atom is 0.341 e. The summed E-state index contributed by atoms with van der Waals surface area (Å²) in [6.07, 6.45) is 0. The lowest BCUT2D eigenvalue weighted by Crippen LogP contribution is -2.22. The van der Waals surface area contributed by atoms with Crippen molar-refractivity contribution in [3.05, 3.63) is 80.2 Å². The average Bonchev–Trinajstić information content (AvgIpc) is 3.21. The summed E-state index contributed by atoms with van der Waals surface area (Å²) in [5.41, 5.74) is 2.59. The Morgan fingerprint density at radius 3 is 2.38 bits per heavy atom. The van der Waals surface area contributed by atoms with E-state index in [1.54, 1.807) is 12.3 Å². The molecule has 34 heavy (non-hydrogen) atoms. The van der Waals surface area contributed by atoms with Gasteiger partial charge in [0.15, 0.2) is 6.61 Å². The Morgan fingerprint density at radius 2 is 1.74 bits per heavy atom. The number of amides is 1. The van der Waals surface area contributed by atoms with Gasteiger partial charge in [-0.15, -0.1) is 11.3 Å². The Kier molecular flexibility index (Phi) is 7.75. The van der Waals surface area contributed by atoms with Crippen LogP contribution in [0, 0.1) is 24.0 Å². The highest BCUT2D eigenvalue weighted by molar-refractivity contribution is 7.15. The van der Waals surface area contributed by atoms with Gasteiger partial charge in [-0.25, -0.2) is 9.59 Å². The minimum Gasteiger partial charge on any atom is -0.462 e. The maximum absolute atomic E-state index is 12.6. The maximum atomic E-state index is 12.6. The summed E-state index contributed by atoms with van der Waals surface area (Å²) in [6, 6.07) is 11.6. The van der Waals surface area contributed by atoms with Crippen molar-refractivity contribution in [2.45, 2.75) is 20.8 Å². The Morgan fingerprint density at radius 1 is 1.03 bits per heavy atom. The molecule has 0 saturated heterocycles. The van der Waals surface area contributed by atoms with Crippen molar-refractivity contribution < 1.29 is 28.8 Å². The highest BCUT2D eigenvalue weighted by Gasteiger charge is 2.24. The molecule has 1 aromatic heterocycles. The van der Waals surface area contributed by atoms with E-state index in [0.29, 0.717) is 5.56 Å². The summed E-state index contributed by atoms with van der Waals surface area (Å²) in [5.74, 6) is -2.12. The summed E-state index contributed by atoms with van der Waals surface area (Å²) in [4.78, 5) is 48.0. The Balaban J connectivity index is 1.76. The minimum absolute atomic E-state index is 0.00741. The van der Waals surface area contributed by atoms with Crippen molar-refractivity contribution in [1.29, 1.82) is 0 Å². The summed E-state index contributed by atoms with van der Waals surface area (Å²) in [6.45, 7) is 4.59. The predicted octanol–water partition coefficient (Wildman–Crippen LogP) is 4.91. The molecule has 1 heterocycles. The Hall–Kier alpha value is -4.05. The van der Waals surface area contributed by atoms with Crippen LogP contribution in [-0.4, -0.2) is 36.0 Å². The van der Waals surface area contributed by atoms with Crippen LogP contribution in [0.5, 0.6) is 0 Å². The van der Waals surface area contributed by atoms with E-state index in [1.165, 1.54) is 25.1 Å². The monoisotopic (exact) mass is 482 g/mol.